The molecule has 0 fully saturated rings. The third-order valence-corrected chi connectivity index (χ3v) is 2.93. The second kappa shape index (κ2) is 3.80. The third-order valence-electron chi connectivity index (χ3n) is 2.93. The van der Waals surface area contributed by atoms with E-state index >= 15 is 0 Å². The standard InChI is InChI=1S/C13H11N3O2/c1-8-6-12(17)16(13(8)18)7-11-14-9-4-2-3-5-10(9)15-11/h2-6H,7H2,1H3,(H,14,15). The summed E-state index contributed by atoms with van der Waals surface area (Å²) in [5.41, 5.74) is 2.20. The Morgan fingerprint density at radius 1 is 1.28 bits per heavy atom. The molecule has 18 heavy (non-hydrogen) atoms. The number of para-hydroxylation sites is 2. The van der Waals surface area contributed by atoms with E-state index in [1.165, 1.54) is 11.0 Å². The van der Waals surface area contributed by atoms with Crippen molar-refractivity contribution in [2.24, 2.45) is 0 Å². The predicted octanol–water partition coefficient (Wildman–Crippen LogP) is 1.38. The Bertz CT molecular complexity index is 651. The van der Waals surface area contributed by atoms with Crippen LogP contribution in [0.1, 0.15) is 12.7 Å². The number of aromatic nitrogens is 2. The highest BCUT2D eigenvalue weighted by atomic mass is 16.2. The van der Waals surface area contributed by atoms with E-state index in [1.54, 1.807) is 6.92 Å². The highest BCUT2D eigenvalue weighted by Crippen LogP contribution is 2.16. The lowest BCUT2D eigenvalue weighted by Crippen LogP contribution is -2.30. The maximum absolute atomic E-state index is 11.7. The van der Waals surface area contributed by atoms with Crippen LogP contribution in [0, 0.1) is 0 Å². The van der Waals surface area contributed by atoms with Gasteiger partial charge in [-0.2, -0.15) is 0 Å². The predicted molar refractivity (Wildman–Crippen MR) is 65.4 cm³/mol. The van der Waals surface area contributed by atoms with Gasteiger partial charge in [-0.3, -0.25) is 14.5 Å². The third kappa shape index (κ3) is 1.60. The van der Waals surface area contributed by atoms with Gasteiger partial charge in [0.1, 0.15) is 5.82 Å². The Balaban J connectivity index is 1.89. The van der Waals surface area contributed by atoms with Crippen LogP contribution in [0.2, 0.25) is 0 Å². The van der Waals surface area contributed by atoms with E-state index < -0.39 is 0 Å². The second-order valence-electron chi connectivity index (χ2n) is 4.26. The molecule has 0 radical (unpaired) electrons. The van der Waals surface area contributed by atoms with Crippen molar-refractivity contribution < 1.29 is 9.59 Å². The van der Waals surface area contributed by atoms with Gasteiger partial charge in [0, 0.05) is 11.6 Å². The van der Waals surface area contributed by atoms with Crippen molar-refractivity contribution >= 4 is 22.8 Å². The van der Waals surface area contributed by atoms with Crippen LogP contribution in [0.3, 0.4) is 0 Å². The van der Waals surface area contributed by atoms with E-state index in [9.17, 15) is 9.59 Å². The number of H-pyrrole nitrogens is 1. The fourth-order valence-corrected chi connectivity index (χ4v) is 2.02. The summed E-state index contributed by atoms with van der Waals surface area (Å²) < 4.78 is 0. The van der Waals surface area contributed by atoms with E-state index in [0.717, 1.165) is 11.0 Å². The van der Waals surface area contributed by atoms with Crippen molar-refractivity contribution in [1.82, 2.24) is 14.9 Å². The Labute approximate surface area is 103 Å². The number of benzene rings is 1. The zero-order valence-corrected chi connectivity index (χ0v) is 9.80. The molecule has 90 valence electrons. The van der Waals surface area contributed by atoms with Gasteiger partial charge in [0.25, 0.3) is 11.8 Å². The summed E-state index contributed by atoms with van der Waals surface area (Å²) in [4.78, 5) is 32.0. The van der Waals surface area contributed by atoms with Gasteiger partial charge in [-0.05, 0) is 19.1 Å². The molecule has 3 rings (SSSR count). The minimum absolute atomic E-state index is 0.181. The van der Waals surface area contributed by atoms with E-state index in [2.05, 4.69) is 9.97 Å². The first kappa shape index (κ1) is 10.7. The van der Waals surface area contributed by atoms with Gasteiger partial charge in [-0.15, -0.1) is 0 Å². The molecule has 0 atom stereocenters. The van der Waals surface area contributed by atoms with Gasteiger partial charge < -0.3 is 4.98 Å². The lowest BCUT2D eigenvalue weighted by molar-refractivity contribution is -0.138. The summed E-state index contributed by atoms with van der Waals surface area (Å²) in [6.07, 6.45) is 1.35. The van der Waals surface area contributed by atoms with Crippen LogP contribution in [0.4, 0.5) is 0 Å². The van der Waals surface area contributed by atoms with Gasteiger partial charge in [0.05, 0.1) is 17.6 Å². The molecule has 0 aliphatic carbocycles. The van der Waals surface area contributed by atoms with Crippen molar-refractivity contribution in [2.45, 2.75) is 13.5 Å². The Hall–Kier alpha value is -2.43. The van der Waals surface area contributed by atoms with Crippen molar-refractivity contribution in [3.63, 3.8) is 0 Å². The SMILES string of the molecule is CC1=CC(=O)N(Cc2nc3ccccc3[nH]2)C1=O. The molecule has 2 heterocycles. The largest absolute Gasteiger partial charge is 0.340 e. The number of nitrogens with one attached hydrogen (secondary N) is 1. The van der Waals surface area contributed by atoms with Crippen LogP contribution >= 0.6 is 0 Å². The number of carbonyl (C=O) groups is 2. The molecule has 5 heteroatoms. The molecule has 1 aliphatic heterocycles. The summed E-state index contributed by atoms with van der Waals surface area (Å²) >= 11 is 0. The zero-order chi connectivity index (χ0) is 12.7. The molecule has 2 aromatic rings. The van der Waals surface area contributed by atoms with Crippen molar-refractivity contribution in [3.8, 4) is 0 Å². The highest BCUT2D eigenvalue weighted by molar-refractivity contribution is 6.15. The summed E-state index contributed by atoms with van der Waals surface area (Å²) in [6.45, 7) is 1.82. The number of aromatic amines is 1. The molecule has 0 spiro atoms. The molecule has 1 aliphatic rings. The second-order valence-corrected chi connectivity index (χ2v) is 4.26. The Morgan fingerprint density at radius 3 is 2.72 bits per heavy atom. The first-order valence-corrected chi connectivity index (χ1v) is 5.63. The number of nitrogens with zero attached hydrogens (tertiary/aromatic N) is 2. The van der Waals surface area contributed by atoms with E-state index in [4.69, 9.17) is 0 Å². The number of rotatable bonds is 2. The molecule has 0 saturated carbocycles. The van der Waals surface area contributed by atoms with Gasteiger partial charge in [0.2, 0.25) is 0 Å². The molecule has 0 bridgehead atoms. The maximum Gasteiger partial charge on any atom is 0.256 e. The first-order chi connectivity index (χ1) is 8.65. The highest BCUT2D eigenvalue weighted by Gasteiger charge is 2.28. The van der Waals surface area contributed by atoms with Gasteiger partial charge in [-0.25, -0.2) is 4.98 Å². The van der Waals surface area contributed by atoms with Crippen molar-refractivity contribution in [2.75, 3.05) is 0 Å². The number of imidazole rings is 1. The number of amides is 2. The zero-order valence-electron chi connectivity index (χ0n) is 9.80. The normalized spacial score (nSPS) is 15.6. The fourth-order valence-electron chi connectivity index (χ4n) is 2.02. The molecule has 1 aromatic heterocycles. The summed E-state index contributed by atoms with van der Waals surface area (Å²) in [6, 6.07) is 7.59. The van der Waals surface area contributed by atoms with Crippen LogP contribution in [0.25, 0.3) is 11.0 Å². The summed E-state index contributed by atoms with van der Waals surface area (Å²) in [5.74, 6) is 0.0828. The van der Waals surface area contributed by atoms with Crippen LogP contribution < -0.4 is 0 Å². The number of hydrogen-bond acceptors (Lipinski definition) is 3. The molecule has 0 saturated heterocycles. The lowest BCUT2D eigenvalue weighted by atomic mass is 10.3. The molecule has 2 amide bonds. The maximum atomic E-state index is 11.7. The molecular formula is C13H11N3O2. The molecule has 1 N–H and O–H groups in total. The van der Waals surface area contributed by atoms with Crippen LogP contribution in [-0.4, -0.2) is 26.7 Å². The minimum atomic E-state index is -0.280. The van der Waals surface area contributed by atoms with Crippen LogP contribution in [0.5, 0.6) is 0 Å². The quantitative estimate of drug-likeness (QED) is 0.808. The Morgan fingerprint density at radius 2 is 2.06 bits per heavy atom. The van der Waals surface area contributed by atoms with Gasteiger partial charge in [0.15, 0.2) is 0 Å². The monoisotopic (exact) mass is 241 g/mol. The van der Waals surface area contributed by atoms with E-state index in [1.807, 2.05) is 24.3 Å². The average Bonchev–Trinajstić information content (AvgIpc) is 2.86. The van der Waals surface area contributed by atoms with Crippen LogP contribution in [-0.2, 0) is 16.1 Å². The lowest BCUT2D eigenvalue weighted by Gasteiger charge is -2.11. The average molecular weight is 241 g/mol. The molecule has 5 nitrogen and oxygen atoms in total. The van der Waals surface area contributed by atoms with Crippen molar-refractivity contribution in [1.29, 1.82) is 0 Å². The van der Waals surface area contributed by atoms with E-state index in [-0.39, 0.29) is 18.4 Å². The molecule has 1 aromatic carbocycles. The number of hydrogen-bond donors (Lipinski definition) is 1. The fraction of sp³-hybridized carbons (Fsp3) is 0.154. The Kier molecular flexibility index (Phi) is 2.26. The molecule has 0 unspecified atom stereocenters. The smallest absolute Gasteiger partial charge is 0.256 e. The van der Waals surface area contributed by atoms with E-state index in [0.29, 0.717) is 11.4 Å². The number of carbonyl (C=O) groups excluding carboxylic acids is 2. The summed E-state index contributed by atoms with van der Waals surface area (Å²) in [5, 5.41) is 0. The minimum Gasteiger partial charge on any atom is -0.340 e. The van der Waals surface area contributed by atoms with Gasteiger partial charge in [-0.1, -0.05) is 12.1 Å². The topological polar surface area (TPSA) is 66.1 Å². The first-order valence-electron chi connectivity index (χ1n) is 5.63. The van der Waals surface area contributed by atoms with Crippen LogP contribution in [0.15, 0.2) is 35.9 Å². The summed E-state index contributed by atoms with van der Waals surface area (Å²) in [7, 11) is 0. The number of fused-ring (bicyclic) bond motifs is 1. The van der Waals surface area contributed by atoms with Gasteiger partial charge >= 0.3 is 0 Å². The van der Waals surface area contributed by atoms with Crippen molar-refractivity contribution in [3.05, 3.63) is 41.7 Å². The number of imide groups is 1. The molecular weight excluding hydrogens is 230 g/mol.